The van der Waals surface area contributed by atoms with Crippen molar-refractivity contribution in [2.75, 3.05) is 56.7 Å². The summed E-state index contributed by atoms with van der Waals surface area (Å²) in [5.41, 5.74) is 18.6. The number of carbonyl (C=O) groups is 8. The van der Waals surface area contributed by atoms with Crippen molar-refractivity contribution in [3.63, 3.8) is 0 Å². The van der Waals surface area contributed by atoms with Crippen LogP contribution in [0.2, 0.25) is 0 Å². The molecule has 0 spiro atoms. The number of Topliss-reactive ketones (excluding diaryl/α,β-unsaturated/α-hetero) is 1. The lowest BCUT2D eigenvalue weighted by molar-refractivity contribution is -0.158. The number of urea groups is 1. The second-order valence-electron chi connectivity index (χ2n) is 22.3. The summed E-state index contributed by atoms with van der Waals surface area (Å²) >= 11 is 10.8. The Morgan fingerprint density at radius 3 is 1.98 bits per heavy atom. The molecule has 0 radical (unpaired) electrons. The summed E-state index contributed by atoms with van der Waals surface area (Å²) in [5, 5.41) is 19.5. The molecular formula is C53H71FN16O19P2S2. The summed E-state index contributed by atoms with van der Waals surface area (Å²) in [6.45, 7) is -5.71. The lowest BCUT2D eigenvalue weighted by atomic mass is 9.89. The van der Waals surface area contributed by atoms with Gasteiger partial charge in [-0.1, -0.05) is 32.9 Å². The van der Waals surface area contributed by atoms with Crippen LogP contribution in [-0.2, 0) is 96.0 Å². The molecule has 4 aromatic heterocycles. The molecule has 5 aromatic rings. The van der Waals surface area contributed by atoms with Gasteiger partial charge in [-0.2, -0.15) is 0 Å². The van der Waals surface area contributed by atoms with E-state index in [1.165, 1.54) is 40.7 Å². The topological polar surface area (TPSA) is 488 Å². The number of nitrogens with zero attached hydrogens (tertiary/aromatic N) is 9. The van der Waals surface area contributed by atoms with Crippen LogP contribution >= 0.6 is 13.4 Å². The lowest BCUT2D eigenvalue weighted by Gasteiger charge is -2.31. The first-order valence-corrected chi connectivity index (χ1v) is 34.2. The molecule has 3 aliphatic rings. The van der Waals surface area contributed by atoms with Crippen LogP contribution in [0.1, 0.15) is 83.7 Å². The number of halogens is 1. The number of aromatic nitrogens is 8. The maximum atomic E-state index is 16.5. The zero-order chi connectivity index (χ0) is 67.5. The standard InChI is InChI=1S/C53H71FN16O19P2S2/c1-26(2)38(67-34(72)13-15-58-35(73)17-27(3)51(76)77)31(71)18-29(7-5-14-59-52(57)78)48(75)66-30-11-9-28(10-12-30)19-82-53(79)68(4)16-6-8-36(74)87-43-42-33(86-50(43)70-25-65-40-45(56)61-23-63-47(40)70)21-84-90(80,92)88-41-32(20-83-91(81,93)89-42)85-49(37(41)54)69-24-64-39-44(55)60-22-62-46(39)69/h9-12,22-27,29,32-33,37-38,41-43,49-50H,5-8,13-21H2,1-4H3,(H,58,73)(H,66,75)(H,67,72)(H,76,77)(H,80,92)(H,81,93)(H2,55,60,62)(H2,56,61,63)(H3,57,59,78)/t27?,29-,32-,33-,37-,38+,41-,42-,43-,49-,50-,90?,91?/m1/s1. The molecule has 13 atom stereocenters. The molecule has 3 saturated heterocycles. The molecule has 6 amide bonds. The number of ether oxygens (including phenoxy) is 4. The Kier molecular flexibility index (Phi) is 24.2. The van der Waals surface area contributed by atoms with Crippen LogP contribution in [-0.4, -0.2) is 189 Å². The highest BCUT2D eigenvalue weighted by Crippen LogP contribution is 2.55. The molecule has 35 nitrogen and oxygen atoms in total. The van der Waals surface area contributed by atoms with Gasteiger partial charge >= 0.3 is 37.5 Å². The molecule has 3 fully saturated rings. The molecule has 93 heavy (non-hydrogen) atoms. The number of carboxylic acid groups (broad SMARTS) is 1. The molecule has 0 saturated carbocycles. The number of esters is 1. The number of nitrogens with two attached hydrogens (primary N) is 3. The minimum absolute atomic E-state index is 0.00495. The maximum absolute atomic E-state index is 16.5. The first kappa shape index (κ1) is 71.2. The van der Waals surface area contributed by atoms with Gasteiger partial charge in [-0.05, 0) is 66.5 Å². The van der Waals surface area contributed by atoms with Crippen LogP contribution in [0.25, 0.3) is 22.3 Å². The van der Waals surface area contributed by atoms with Crippen molar-refractivity contribution < 1.29 is 94.7 Å². The smallest absolute Gasteiger partial charge is 0.409 e. The van der Waals surface area contributed by atoms with Gasteiger partial charge in [-0.15, -0.1) is 0 Å². The number of aliphatic carboxylic acids is 1. The van der Waals surface area contributed by atoms with Crippen molar-refractivity contribution in [2.24, 2.45) is 23.5 Å². The second kappa shape index (κ2) is 31.5. The molecule has 0 aliphatic carbocycles. The zero-order valence-corrected chi connectivity index (χ0v) is 53.9. The Hall–Kier alpha value is -7.61. The summed E-state index contributed by atoms with van der Waals surface area (Å²) in [6, 6.07) is 4.51. The van der Waals surface area contributed by atoms with E-state index < -0.39 is 147 Å². The van der Waals surface area contributed by atoms with E-state index in [4.69, 9.17) is 83.0 Å². The van der Waals surface area contributed by atoms with Crippen molar-refractivity contribution in [1.82, 2.24) is 59.9 Å². The number of benzene rings is 1. The van der Waals surface area contributed by atoms with E-state index in [0.717, 1.165) is 12.7 Å². The molecule has 7 heterocycles. The van der Waals surface area contributed by atoms with Gasteiger partial charge in [-0.25, -0.2) is 43.9 Å². The van der Waals surface area contributed by atoms with Gasteiger partial charge in [0.05, 0.1) is 37.8 Å². The average molecular weight is 1380 g/mol. The van der Waals surface area contributed by atoms with Crippen molar-refractivity contribution in [3.8, 4) is 0 Å². The van der Waals surface area contributed by atoms with E-state index in [2.05, 4.69) is 51.2 Å². The highest BCUT2D eigenvalue weighted by Gasteiger charge is 2.55. The first-order valence-electron chi connectivity index (χ1n) is 29.0. The number of anilines is 3. The normalized spacial score (nSPS) is 24.9. The summed E-state index contributed by atoms with van der Waals surface area (Å²) in [6.07, 6.45) is -9.20. The monoisotopic (exact) mass is 1380 g/mol. The van der Waals surface area contributed by atoms with Gasteiger partial charge in [0.2, 0.25) is 17.7 Å². The zero-order valence-electron chi connectivity index (χ0n) is 50.5. The largest absolute Gasteiger partial charge is 0.481 e. The average Bonchev–Trinajstić information content (AvgIpc) is 1.62. The van der Waals surface area contributed by atoms with Crippen LogP contribution in [0.15, 0.2) is 49.6 Å². The maximum Gasteiger partial charge on any atom is 0.409 e. The fourth-order valence-electron chi connectivity index (χ4n) is 10.1. The number of nitrogen functional groups attached to an aromatic ring is 2. The van der Waals surface area contributed by atoms with Gasteiger partial charge in [-0.3, -0.25) is 46.9 Å². The van der Waals surface area contributed by atoms with Gasteiger partial charge in [0.15, 0.2) is 53.4 Å². The molecule has 3 unspecified atom stereocenters. The van der Waals surface area contributed by atoms with E-state index in [0.29, 0.717) is 11.3 Å². The molecule has 506 valence electrons. The van der Waals surface area contributed by atoms with Crippen LogP contribution < -0.4 is 38.5 Å². The number of rotatable bonds is 26. The van der Waals surface area contributed by atoms with Crippen molar-refractivity contribution >= 4 is 124 Å². The fraction of sp³-hybridized carbons (Fsp3) is 0.547. The van der Waals surface area contributed by atoms with E-state index >= 15 is 4.39 Å². The van der Waals surface area contributed by atoms with E-state index in [1.54, 1.807) is 38.1 Å². The van der Waals surface area contributed by atoms with Crippen LogP contribution in [0, 0.1) is 17.8 Å². The third-order valence-corrected chi connectivity index (χ3v) is 18.1. The molecule has 40 heteroatoms. The molecule has 13 N–H and O–H groups in total. The van der Waals surface area contributed by atoms with Gasteiger partial charge in [0, 0.05) is 64.0 Å². The number of carbonyl (C=O) groups excluding carboxylic acids is 7. The second-order valence-corrected chi connectivity index (χ2v) is 27.8. The Labute approximate surface area is 539 Å². The fourth-order valence-corrected chi connectivity index (χ4v) is 13.0. The number of fused-ring (bicyclic) bond motifs is 4. The number of carboxylic acids is 1. The van der Waals surface area contributed by atoms with E-state index in [-0.39, 0.29) is 105 Å². The number of hydrogen-bond acceptors (Lipinski definition) is 26. The number of nitrogens with one attached hydrogen (secondary N) is 4. The minimum Gasteiger partial charge on any atom is -0.481 e. The number of alkyl halides is 1. The number of ketones is 1. The molecule has 1 aromatic carbocycles. The highest BCUT2D eigenvalue weighted by molar-refractivity contribution is 8.07. The number of imidazole rings is 2. The van der Waals surface area contributed by atoms with Gasteiger partial charge in [0.1, 0.15) is 54.7 Å². The summed E-state index contributed by atoms with van der Waals surface area (Å²) in [4.78, 5) is 151. The first-order chi connectivity index (χ1) is 44.1. The van der Waals surface area contributed by atoms with E-state index in [9.17, 15) is 48.1 Å². The minimum atomic E-state index is -4.47. The van der Waals surface area contributed by atoms with Gasteiger partial charge in [0.25, 0.3) is 0 Å². The third-order valence-electron chi connectivity index (χ3n) is 15.0. The molecule has 0 bridgehead atoms. The Bertz CT molecular complexity index is 3650. The number of primary amides is 1. The summed E-state index contributed by atoms with van der Waals surface area (Å²) < 4.78 is 66.4. The molecular weight excluding hydrogens is 1310 g/mol. The Morgan fingerprint density at radius 1 is 0.785 bits per heavy atom. The quantitative estimate of drug-likeness (QED) is 0.0215. The lowest BCUT2D eigenvalue weighted by Crippen LogP contribution is -2.46. The van der Waals surface area contributed by atoms with Crippen LogP contribution in [0.5, 0.6) is 0 Å². The van der Waals surface area contributed by atoms with Crippen molar-refractivity contribution in [2.45, 2.75) is 128 Å². The van der Waals surface area contributed by atoms with Crippen molar-refractivity contribution in [3.05, 3.63) is 55.1 Å². The third kappa shape index (κ3) is 18.8. The Morgan fingerprint density at radius 2 is 1.38 bits per heavy atom. The van der Waals surface area contributed by atoms with Crippen molar-refractivity contribution in [1.29, 1.82) is 0 Å². The Balaban J connectivity index is 0.858. The predicted octanol–water partition coefficient (Wildman–Crippen LogP) is 1.90. The van der Waals surface area contributed by atoms with Crippen LogP contribution in [0.3, 0.4) is 0 Å². The van der Waals surface area contributed by atoms with Crippen LogP contribution in [0.4, 0.5) is 31.3 Å². The summed E-state index contributed by atoms with van der Waals surface area (Å²) in [5.74, 6) is -6.31. The molecule has 8 rings (SSSR count). The SMILES string of the molecule is CC(CC(=O)NCCC(=O)N[C@H](C(=O)C[C@@H](CCCNC(N)=O)C(=O)Nc1ccc(COC(=O)N(C)CCCC(=O)O[C@@H]2[C@@H]3OP(O)(=S)OC[C@H]4O[C@@H](n5cnc6c(N)ncnc65)[C@H](F)[C@@H]4OP(O)(=S)OC[C@H]3O[C@H]2n2cnc3c(N)ncnc32)cc1)C(C)C)C(=O)O. The number of hydrogen-bond donors (Lipinski definition) is 10. The molecule has 3 aliphatic heterocycles. The van der Waals surface area contributed by atoms with Gasteiger partial charge < -0.3 is 86.3 Å². The highest BCUT2D eigenvalue weighted by atomic mass is 32.5. The predicted molar refractivity (Wildman–Crippen MR) is 330 cm³/mol. The summed E-state index contributed by atoms with van der Waals surface area (Å²) in [7, 11) is 1.44. The van der Waals surface area contributed by atoms with E-state index in [1.807, 2.05) is 0 Å². The number of amides is 6.